The summed E-state index contributed by atoms with van der Waals surface area (Å²) in [5.41, 5.74) is 5.37. The number of hydrogen-bond acceptors (Lipinski definition) is 2. The van der Waals surface area contributed by atoms with Gasteiger partial charge in [-0.1, -0.05) is 25.7 Å². The van der Waals surface area contributed by atoms with Gasteiger partial charge >= 0.3 is 0 Å². The zero-order valence-electron chi connectivity index (χ0n) is 16.3. The van der Waals surface area contributed by atoms with Crippen LogP contribution >= 0.6 is 24.0 Å². The number of likely N-dealkylation sites (tertiary alicyclic amines) is 1. The Bertz CT molecular complexity index is 456. The lowest BCUT2D eigenvalue weighted by Crippen LogP contribution is -2.51. The largest absolute Gasteiger partial charge is 0.369 e. The number of carbonyl (C=O) groups is 1. The topological polar surface area (TPSA) is 70.7 Å². The van der Waals surface area contributed by atoms with Crippen LogP contribution in [0.2, 0.25) is 0 Å². The lowest BCUT2D eigenvalue weighted by molar-refractivity contribution is -0.125. The summed E-state index contributed by atoms with van der Waals surface area (Å²) in [7, 11) is 0. The van der Waals surface area contributed by atoms with E-state index in [4.69, 9.17) is 10.7 Å². The van der Waals surface area contributed by atoms with E-state index in [1.165, 1.54) is 51.4 Å². The van der Waals surface area contributed by atoms with Gasteiger partial charge in [-0.3, -0.25) is 9.79 Å². The molecule has 1 saturated heterocycles. The molecule has 0 aromatic rings. The van der Waals surface area contributed by atoms with Crippen LogP contribution in [0, 0.1) is 10.8 Å². The highest BCUT2D eigenvalue weighted by molar-refractivity contribution is 14.0. The van der Waals surface area contributed by atoms with Crippen LogP contribution in [0.25, 0.3) is 0 Å². The summed E-state index contributed by atoms with van der Waals surface area (Å²) in [5, 5.41) is 3.43. The van der Waals surface area contributed by atoms with Crippen molar-refractivity contribution in [2.45, 2.75) is 72.1 Å². The molecule has 1 heterocycles. The number of nitrogens with zero attached hydrogens (tertiary/aromatic N) is 2. The summed E-state index contributed by atoms with van der Waals surface area (Å²) in [6.45, 7) is 9.28. The van der Waals surface area contributed by atoms with Gasteiger partial charge in [-0.15, -0.1) is 24.0 Å². The van der Waals surface area contributed by atoms with Gasteiger partial charge in [0, 0.05) is 19.6 Å². The fourth-order valence-electron chi connectivity index (χ4n) is 4.05. The van der Waals surface area contributed by atoms with Crippen molar-refractivity contribution in [3.63, 3.8) is 0 Å². The first-order valence-electron chi connectivity index (χ1n) is 9.72. The Balaban J connectivity index is 0.00000312. The Morgan fingerprint density at radius 1 is 1.16 bits per heavy atom. The van der Waals surface area contributed by atoms with Crippen LogP contribution in [0.1, 0.15) is 72.1 Å². The molecule has 2 fully saturated rings. The third-order valence-corrected chi connectivity index (χ3v) is 5.75. The zero-order chi connectivity index (χ0) is 17.6. The maximum atomic E-state index is 11.6. The summed E-state index contributed by atoms with van der Waals surface area (Å²) in [6, 6.07) is 0. The number of nitrogens with two attached hydrogens (primary N) is 1. The van der Waals surface area contributed by atoms with Gasteiger partial charge in [0.15, 0.2) is 5.96 Å². The molecule has 1 saturated carbocycles. The molecule has 1 aliphatic heterocycles. The highest BCUT2D eigenvalue weighted by Crippen LogP contribution is 2.42. The van der Waals surface area contributed by atoms with E-state index < -0.39 is 5.41 Å². The number of aliphatic imine (C=N–C) groups is 1. The maximum absolute atomic E-state index is 11.6. The Kier molecular flexibility index (Phi) is 8.98. The SMILES string of the molecule is CCNC(=NCC(C)(C)C(N)=O)N1CCCC2(CCCCCC2)C1.I. The van der Waals surface area contributed by atoms with Crippen LogP contribution in [0.4, 0.5) is 0 Å². The summed E-state index contributed by atoms with van der Waals surface area (Å²) < 4.78 is 0. The highest BCUT2D eigenvalue weighted by Gasteiger charge is 2.36. The van der Waals surface area contributed by atoms with E-state index in [1.54, 1.807) is 0 Å². The first-order chi connectivity index (χ1) is 11.4. The molecule has 0 aromatic heterocycles. The number of nitrogens with one attached hydrogen (secondary N) is 1. The van der Waals surface area contributed by atoms with Crippen LogP contribution in [0.3, 0.4) is 0 Å². The van der Waals surface area contributed by atoms with E-state index >= 15 is 0 Å². The number of amides is 1. The molecule has 5 nitrogen and oxygen atoms in total. The molecular formula is C19H37IN4O. The van der Waals surface area contributed by atoms with Gasteiger partial charge in [-0.05, 0) is 51.9 Å². The van der Waals surface area contributed by atoms with Crippen molar-refractivity contribution in [2.75, 3.05) is 26.2 Å². The lowest BCUT2D eigenvalue weighted by atomic mass is 9.74. The molecule has 25 heavy (non-hydrogen) atoms. The van der Waals surface area contributed by atoms with Gasteiger partial charge in [0.2, 0.25) is 5.91 Å². The number of piperidine rings is 1. The minimum absolute atomic E-state index is 0. The van der Waals surface area contributed by atoms with Gasteiger partial charge in [0.1, 0.15) is 0 Å². The molecule has 2 rings (SSSR count). The van der Waals surface area contributed by atoms with Crippen molar-refractivity contribution < 1.29 is 4.79 Å². The fourth-order valence-corrected chi connectivity index (χ4v) is 4.05. The highest BCUT2D eigenvalue weighted by atomic mass is 127. The smallest absolute Gasteiger partial charge is 0.224 e. The predicted octanol–water partition coefficient (Wildman–Crippen LogP) is 3.52. The Morgan fingerprint density at radius 3 is 2.32 bits per heavy atom. The van der Waals surface area contributed by atoms with Gasteiger partial charge in [-0.25, -0.2) is 0 Å². The number of hydrogen-bond donors (Lipinski definition) is 2. The van der Waals surface area contributed by atoms with Crippen molar-refractivity contribution in [3.8, 4) is 0 Å². The van der Waals surface area contributed by atoms with E-state index in [0.29, 0.717) is 12.0 Å². The van der Waals surface area contributed by atoms with Crippen LogP contribution in [0.5, 0.6) is 0 Å². The molecule has 6 heteroatoms. The number of halogens is 1. The van der Waals surface area contributed by atoms with Crippen molar-refractivity contribution in [1.29, 1.82) is 0 Å². The first-order valence-corrected chi connectivity index (χ1v) is 9.72. The van der Waals surface area contributed by atoms with E-state index in [2.05, 4.69) is 17.1 Å². The van der Waals surface area contributed by atoms with Crippen molar-refractivity contribution in [1.82, 2.24) is 10.2 Å². The molecule has 0 atom stereocenters. The second-order valence-corrected chi connectivity index (χ2v) is 8.36. The number of rotatable bonds is 4. The first kappa shape index (κ1) is 22.5. The van der Waals surface area contributed by atoms with Crippen LogP contribution in [0.15, 0.2) is 4.99 Å². The van der Waals surface area contributed by atoms with Gasteiger partial charge in [0.05, 0.1) is 12.0 Å². The molecule has 1 spiro atoms. The monoisotopic (exact) mass is 464 g/mol. The molecular weight excluding hydrogens is 427 g/mol. The summed E-state index contributed by atoms with van der Waals surface area (Å²) in [6.07, 6.45) is 10.8. The maximum Gasteiger partial charge on any atom is 0.224 e. The molecule has 0 aromatic carbocycles. The number of carbonyl (C=O) groups excluding carboxylic acids is 1. The van der Waals surface area contributed by atoms with Gasteiger partial charge in [0.25, 0.3) is 0 Å². The Hall–Kier alpha value is -0.530. The summed E-state index contributed by atoms with van der Waals surface area (Å²) >= 11 is 0. The predicted molar refractivity (Wildman–Crippen MR) is 115 cm³/mol. The number of guanidine groups is 1. The van der Waals surface area contributed by atoms with E-state index in [-0.39, 0.29) is 29.9 Å². The Morgan fingerprint density at radius 2 is 1.76 bits per heavy atom. The molecule has 1 aliphatic carbocycles. The van der Waals surface area contributed by atoms with E-state index in [9.17, 15) is 4.79 Å². The van der Waals surface area contributed by atoms with Crippen molar-refractivity contribution in [3.05, 3.63) is 0 Å². The average molecular weight is 464 g/mol. The van der Waals surface area contributed by atoms with E-state index in [0.717, 1.165) is 25.6 Å². The normalized spacial score (nSPS) is 21.4. The number of primary amides is 1. The van der Waals surface area contributed by atoms with Gasteiger partial charge in [-0.2, -0.15) is 0 Å². The molecule has 146 valence electrons. The molecule has 0 radical (unpaired) electrons. The van der Waals surface area contributed by atoms with Crippen LogP contribution < -0.4 is 11.1 Å². The third-order valence-electron chi connectivity index (χ3n) is 5.75. The summed E-state index contributed by atoms with van der Waals surface area (Å²) in [5.74, 6) is 0.663. The molecule has 3 N–H and O–H groups in total. The quantitative estimate of drug-likeness (QED) is 0.380. The minimum atomic E-state index is -0.601. The summed E-state index contributed by atoms with van der Waals surface area (Å²) in [4.78, 5) is 18.8. The molecule has 0 unspecified atom stereocenters. The van der Waals surface area contributed by atoms with Crippen molar-refractivity contribution >= 4 is 35.8 Å². The zero-order valence-corrected chi connectivity index (χ0v) is 18.6. The molecule has 0 bridgehead atoms. The standard InChI is InChI=1S/C19H36N4O.HI/c1-4-21-17(22-14-18(2,3)16(20)24)23-13-9-12-19(15-23)10-7-5-6-8-11-19;/h4-15H2,1-3H3,(H2,20,24)(H,21,22);1H. The fraction of sp³-hybridized carbons (Fsp3) is 0.895. The lowest BCUT2D eigenvalue weighted by Gasteiger charge is -2.44. The average Bonchev–Trinajstić information content (AvgIpc) is 2.77. The Labute approximate surface area is 170 Å². The van der Waals surface area contributed by atoms with Gasteiger partial charge < -0.3 is 16.0 Å². The second kappa shape index (κ2) is 9.97. The van der Waals surface area contributed by atoms with Crippen LogP contribution in [-0.2, 0) is 4.79 Å². The third kappa shape index (κ3) is 6.29. The molecule has 2 aliphatic rings. The van der Waals surface area contributed by atoms with E-state index in [1.807, 2.05) is 13.8 Å². The molecule has 1 amide bonds. The van der Waals surface area contributed by atoms with Crippen LogP contribution in [-0.4, -0.2) is 42.9 Å². The van der Waals surface area contributed by atoms with Crippen molar-refractivity contribution in [2.24, 2.45) is 21.6 Å². The second-order valence-electron chi connectivity index (χ2n) is 8.36. The minimum Gasteiger partial charge on any atom is -0.369 e.